The van der Waals surface area contributed by atoms with Gasteiger partial charge in [0.05, 0.1) is 12.0 Å². The van der Waals surface area contributed by atoms with Crippen LogP contribution in [-0.4, -0.2) is 59.6 Å². The first-order chi connectivity index (χ1) is 20.3. The van der Waals surface area contributed by atoms with E-state index in [0.717, 1.165) is 16.0 Å². The van der Waals surface area contributed by atoms with Crippen LogP contribution in [0.5, 0.6) is 0 Å². The van der Waals surface area contributed by atoms with E-state index in [-0.39, 0.29) is 23.0 Å². The van der Waals surface area contributed by atoms with E-state index in [2.05, 4.69) is 5.32 Å². The molecule has 4 heterocycles. The number of aryl methyl sites for hydroxylation is 2. The van der Waals surface area contributed by atoms with E-state index < -0.39 is 35.6 Å². The van der Waals surface area contributed by atoms with Gasteiger partial charge in [0.25, 0.3) is 5.91 Å². The Morgan fingerprint density at radius 2 is 1.64 bits per heavy atom. The van der Waals surface area contributed by atoms with Crippen LogP contribution in [0.3, 0.4) is 0 Å². The van der Waals surface area contributed by atoms with Gasteiger partial charge in [-0.1, -0.05) is 30.3 Å². The molecular formula is C33H32FN3O4S. The first-order valence-electron chi connectivity index (χ1n) is 14.1. The second-order valence-electron chi connectivity index (χ2n) is 10.9. The molecular weight excluding hydrogens is 553 g/mol. The molecule has 4 aromatic rings. The smallest absolute Gasteiger partial charge is 0.255 e. The molecule has 4 atom stereocenters. The Morgan fingerprint density at radius 3 is 2.26 bits per heavy atom. The summed E-state index contributed by atoms with van der Waals surface area (Å²) in [5, 5.41) is 5.24. The first kappa shape index (κ1) is 28.1. The number of hydrogen-bond donors (Lipinski definition) is 1. The summed E-state index contributed by atoms with van der Waals surface area (Å²) in [6.07, 6.45) is 0. The van der Waals surface area contributed by atoms with Crippen molar-refractivity contribution in [3.05, 3.63) is 117 Å². The maximum atomic E-state index is 14.6. The average Bonchev–Trinajstić information content (AvgIpc) is 3.74. The van der Waals surface area contributed by atoms with Crippen LogP contribution in [0.15, 0.2) is 82.6 Å². The highest BCUT2D eigenvalue weighted by atomic mass is 32.1. The maximum Gasteiger partial charge on any atom is 0.255 e. The van der Waals surface area contributed by atoms with Crippen molar-refractivity contribution in [2.75, 3.05) is 26.2 Å². The third-order valence-electron chi connectivity index (χ3n) is 8.31. The van der Waals surface area contributed by atoms with Crippen molar-refractivity contribution in [2.24, 2.45) is 5.92 Å². The minimum absolute atomic E-state index is 0.196. The number of nitrogens with one attached hydrogen (secondary N) is 1. The summed E-state index contributed by atoms with van der Waals surface area (Å²) in [5.74, 6) is -1.99. The van der Waals surface area contributed by atoms with Crippen LogP contribution in [-0.2, 0) is 4.79 Å². The van der Waals surface area contributed by atoms with Gasteiger partial charge in [0.2, 0.25) is 11.7 Å². The van der Waals surface area contributed by atoms with Crippen molar-refractivity contribution >= 4 is 28.9 Å². The van der Waals surface area contributed by atoms with Crippen molar-refractivity contribution < 1.29 is 23.2 Å². The van der Waals surface area contributed by atoms with Gasteiger partial charge in [0.15, 0.2) is 5.76 Å². The summed E-state index contributed by atoms with van der Waals surface area (Å²) in [6.45, 7) is 6.03. The van der Waals surface area contributed by atoms with Crippen molar-refractivity contribution in [2.45, 2.75) is 31.8 Å². The lowest BCUT2D eigenvalue weighted by atomic mass is 9.79. The van der Waals surface area contributed by atoms with Crippen LogP contribution in [0.25, 0.3) is 0 Å². The molecule has 2 aliphatic rings. The number of amides is 2. The summed E-state index contributed by atoms with van der Waals surface area (Å²) < 4.78 is 19.8. The van der Waals surface area contributed by atoms with Gasteiger partial charge in [-0.3, -0.25) is 14.4 Å². The molecule has 216 valence electrons. The third kappa shape index (κ3) is 5.07. The summed E-state index contributed by atoms with van der Waals surface area (Å²) in [4.78, 5) is 48.0. The van der Waals surface area contributed by atoms with Crippen molar-refractivity contribution in [3.63, 3.8) is 0 Å². The molecule has 2 aromatic heterocycles. The molecule has 2 saturated heterocycles. The van der Waals surface area contributed by atoms with Crippen LogP contribution >= 0.6 is 11.3 Å². The van der Waals surface area contributed by atoms with Crippen LogP contribution in [0.4, 0.5) is 4.39 Å². The number of halogens is 1. The number of hydrogen-bond acceptors (Lipinski definition) is 6. The fourth-order valence-corrected chi connectivity index (χ4v) is 7.44. The Kier molecular flexibility index (Phi) is 7.79. The topological polar surface area (TPSA) is 82.9 Å². The fourth-order valence-electron chi connectivity index (χ4n) is 6.34. The number of piperazine rings is 1. The highest BCUT2D eigenvalue weighted by Gasteiger charge is 2.59. The normalized spacial score (nSPS) is 22.4. The van der Waals surface area contributed by atoms with E-state index in [4.69, 9.17) is 4.42 Å². The van der Waals surface area contributed by atoms with Crippen LogP contribution < -0.4 is 5.32 Å². The number of likely N-dealkylation sites (tertiary alicyclic amines) is 1. The zero-order valence-corrected chi connectivity index (χ0v) is 24.3. The Bertz CT molecular complexity index is 1590. The van der Waals surface area contributed by atoms with Crippen LogP contribution in [0.1, 0.15) is 54.6 Å². The van der Waals surface area contributed by atoms with Crippen LogP contribution in [0, 0.1) is 25.6 Å². The zero-order chi connectivity index (χ0) is 29.4. The summed E-state index contributed by atoms with van der Waals surface area (Å²) in [5.41, 5.74) is 1.95. The number of carbonyl (C=O) groups is 3. The highest BCUT2D eigenvalue weighted by molar-refractivity contribution is 7.10. The number of Topliss-reactive ketones (excluding diaryl/α,β-unsaturated/α-hetero) is 1. The molecule has 2 aromatic carbocycles. The molecule has 1 N–H and O–H groups in total. The van der Waals surface area contributed by atoms with Gasteiger partial charge in [-0.05, 0) is 72.8 Å². The zero-order valence-electron chi connectivity index (χ0n) is 23.5. The lowest BCUT2D eigenvalue weighted by Gasteiger charge is -2.36. The van der Waals surface area contributed by atoms with E-state index in [9.17, 15) is 18.8 Å². The molecule has 6 rings (SSSR count). The number of rotatable bonds is 6. The molecule has 0 saturated carbocycles. The number of thiophene rings is 1. The number of furan rings is 1. The molecule has 2 fully saturated rings. The van der Waals surface area contributed by atoms with Gasteiger partial charge < -0.3 is 19.5 Å². The first-order valence-corrected chi connectivity index (χ1v) is 15.0. The SMILES string of the molecule is Cc1ccc(C(=O)C2C(c3sccc3C)C(C(=O)N3CCNCC3)N(C(=O)c3ccc(F)cc3)C2c2ccccc2)o1. The molecule has 0 bridgehead atoms. The maximum absolute atomic E-state index is 14.6. The number of ketones is 1. The van der Waals surface area contributed by atoms with Crippen molar-refractivity contribution in [1.29, 1.82) is 0 Å². The lowest BCUT2D eigenvalue weighted by Crippen LogP contribution is -2.54. The van der Waals surface area contributed by atoms with E-state index >= 15 is 0 Å². The van der Waals surface area contributed by atoms with E-state index in [0.29, 0.717) is 31.9 Å². The number of benzene rings is 2. The van der Waals surface area contributed by atoms with Gasteiger partial charge in [0, 0.05) is 42.5 Å². The molecule has 0 spiro atoms. The van der Waals surface area contributed by atoms with Gasteiger partial charge in [-0.25, -0.2) is 4.39 Å². The Morgan fingerprint density at radius 1 is 0.929 bits per heavy atom. The molecule has 0 radical (unpaired) electrons. The fraction of sp³-hybridized carbons (Fsp3) is 0.303. The molecule has 2 aliphatic heterocycles. The molecule has 4 unspecified atom stereocenters. The highest BCUT2D eigenvalue weighted by Crippen LogP contribution is 2.53. The molecule has 42 heavy (non-hydrogen) atoms. The minimum Gasteiger partial charge on any atom is -0.458 e. The van der Waals surface area contributed by atoms with Gasteiger partial charge in [0.1, 0.15) is 17.6 Å². The van der Waals surface area contributed by atoms with Gasteiger partial charge >= 0.3 is 0 Å². The molecule has 0 aliphatic carbocycles. The third-order valence-corrected chi connectivity index (χ3v) is 9.43. The average molecular weight is 586 g/mol. The summed E-state index contributed by atoms with van der Waals surface area (Å²) in [6, 6.07) is 18.4. The van der Waals surface area contributed by atoms with E-state index in [1.54, 1.807) is 28.9 Å². The lowest BCUT2D eigenvalue weighted by molar-refractivity contribution is -0.136. The van der Waals surface area contributed by atoms with E-state index in [1.165, 1.54) is 35.6 Å². The predicted molar refractivity (Wildman–Crippen MR) is 158 cm³/mol. The van der Waals surface area contributed by atoms with Gasteiger partial charge in [-0.2, -0.15) is 0 Å². The van der Waals surface area contributed by atoms with Crippen molar-refractivity contribution in [3.8, 4) is 0 Å². The summed E-state index contributed by atoms with van der Waals surface area (Å²) in [7, 11) is 0. The standard InChI is InChI=1S/C33H32FN3O4S/c1-20-14-19-42-31(20)27-26(30(38)25-13-8-21(2)41-25)28(22-6-4-3-5-7-22)37(32(39)23-9-11-24(34)12-10-23)29(27)33(40)36-17-15-35-16-18-36/h3-14,19,26-29,35H,15-18H2,1-2H3. The molecule has 9 heteroatoms. The Hall–Kier alpha value is -4.08. The number of nitrogens with zero attached hydrogens (tertiary/aromatic N) is 2. The largest absolute Gasteiger partial charge is 0.458 e. The summed E-state index contributed by atoms with van der Waals surface area (Å²) >= 11 is 1.49. The quantitative estimate of drug-likeness (QED) is 0.308. The molecule has 2 amide bonds. The number of carbonyl (C=O) groups excluding carboxylic acids is 3. The Labute approximate surface area is 247 Å². The second-order valence-corrected chi connectivity index (χ2v) is 11.8. The van der Waals surface area contributed by atoms with Crippen LogP contribution in [0.2, 0.25) is 0 Å². The minimum atomic E-state index is -0.965. The predicted octanol–water partition coefficient (Wildman–Crippen LogP) is 5.38. The monoisotopic (exact) mass is 585 g/mol. The second kappa shape index (κ2) is 11.7. The van der Waals surface area contributed by atoms with Gasteiger partial charge in [-0.15, -0.1) is 11.3 Å². The molecule has 7 nitrogen and oxygen atoms in total. The van der Waals surface area contributed by atoms with E-state index in [1.807, 2.05) is 48.7 Å². The van der Waals surface area contributed by atoms with Crippen molar-refractivity contribution in [1.82, 2.24) is 15.1 Å². The Balaban J connectivity index is 1.60.